The minimum atomic E-state index is 0.104. The summed E-state index contributed by atoms with van der Waals surface area (Å²) in [6.45, 7) is 1.48. The van der Waals surface area contributed by atoms with E-state index < -0.39 is 0 Å². The zero-order valence-electron chi connectivity index (χ0n) is 12.6. The van der Waals surface area contributed by atoms with E-state index in [0.29, 0.717) is 18.0 Å². The molecule has 2 aromatic rings. The van der Waals surface area contributed by atoms with Crippen molar-refractivity contribution in [1.29, 1.82) is 0 Å². The van der Waals surface area contributed by atoms with E-state index in [-0.39, 0.29) is 17.4 Å². The maximum absolute atomic E-state index is 9.94. The lowest BCUT2D eigenvalue weighted by molar-refractivity contribution is 0.370. The molecule has 1 heterocycles. The van der Waals surface area contributed by atoms with E-state index in [1.165, 1.54) is 7.11 Å². The van der Waals surface area contributed by atoms with E-state index in [9.17, 15) is 10.2 Å². The van der Waals surface area contributed by atoms with E-state index >= 15 is 0 Å². The van der Waals surface area contributed by atoms with Crippen molar-refractivity contribution in [2.45, 2.75) is 12.5 Å². The molecule has 116 valence electrons. The Kier molecular flexibility index (Phi) is 3.81. The predicted octanol–water partition coefficient (Wildman–Crippen LogP) is 2.35. The third kappa shape index (κ3) is 2.44. The zero-order chi connectivity index (χ0) is 15.7. The average Bonchev–Trinajstić information content (AvgIpc) is 2.54. The zero-order valence-corrected chi connectivity index (χ0v) is 12.6. The number of nitrogens with one attached hydrogen (secondary N) is 1. The molecule has 22 heavy (non-hydrogen) atoms. The monoisotopic (exact) mass is 301 g/mol. The van der Waals surface area contributed by atoms with Gasteiger partial charge in [-0.15, -0.1) is 0 Å². The van der Waals surface area contributed by atoms with Crippen LogP contribution in [0.15, 0.2) is 30.3 Å². The smallest absolute Gasteiger partial charge is 0.160 e. The van der Waals surface area contributed by atoms with Gasteiger partial charge in [-0.3, -0.25) is 0 Å². The molecule has 0 aliphatic carbocycles. The molecule has 0 saturated carbocycles. The van der Waals surface area contributed by atoms with Crippen LogP contribution in [0.4, 0.5) is 0 Å². The molecule has 1 atom stereocenters. The van der Waals surface area contributed by atoms with Crippen molar-refractivity contribution < 1.29 is 19.7 Å². The standard InChI is InChI=1S/C17H19NO4/c1-21-16-6-10(3-4-14(16)19)13-9-18-8-11-5-15(20)17(22-2)7-12(11)13/h3-7,13,18-20H,8-9H2,1-2H3/t13-/m1/s1. The van der Waals surface area contributed by atoms with Crippen LogP contribution in [0, 0.1) is 0 Å². The van der Waals surface area contributed by atoms with Gasteiger partial charge < -0.3 is 25.0 Å². The summed E-state index contributed by atoms with van der Waals surface area (Å²) in [5.74, 6) is 1.30. The molecule has 0 aromatic heterocycles. The van der Waals surface area contributed by atoms with Gasteiger partial charge in [0.2, 0.25) is 0 Å². The fourth-order valence-electron chi connectivity index (χ4n) is 2.94. The van der Waals surface area contributed by atoms with Crippen molar-refractivity contribution >= 4 is 0 Å². The number of ether oxygens (including phenoxy) is 2. The molecule has 3 rings (SSSR count). The number of hydrogen-bond acceptors (Lipinski definition) is 5. The second kappa shape index (κ2) is 5.77. The molecule has 5 heteroatoms. The van der Waals surface area contributed by atoms with E-state index in [4.69, 9.17) is 9.47 Å². The molecule has 5 nitrogen and oxygen atoms in total. The molecule has 0 bridgehead atoms. The van der Waals surface area contributed by atoms with Crippen molar-refractivity contribution in [3.8, 4) is 23.0 Å². The first-order valence-corrected chi connectivity index (χ1v) is 7.11. The van der Waals surface area contributed by atoms with E-state index in [1.807, 2.05) is 18.2 Å². The van der Waals surface area contributed by atoms with E-state index in [2.05, 4.69) is 5.32 Å². The maximum Gasteiger partial charge on any atom is 0.160 e. The number of rotatable bonds is 3. The van der Waals surface area contributed by atoms with Gasteiger partial charge in [0, 0.05) is 19.0 Å². The Morgan fingerprint density at radius 1 is 1.00 bits per heavy atom. The summed E-state index contributed by atoms with van der Waals surface area (Å²) in [7, 11) is 3.08. The number of benzene rings is 2. The van der Waals surface area contributed by atoms with Gasteiger partial charge >= 0.3 is 0 Å². The van der Waals surface area contributed by atoms with E-state index in [0.717, 1.165) is 23.2 Å². The average molecular weight is 301 g/mol. The first-order chi connectivity index (χ1) is 10.6. The normalized spacial score (nSPS) is 16.9. The second-order valence-corrected chi connectivity index (χ2v) is 5.34. The lowest BCUT2D eigenvalue weighted by Gasteiger charge is -2.28. The Morgan fingerprint density at radius 3 is 2.45 bits per heavy atom. The van der Waals surface area contributed by atoms with Crippen LogP contribution in [0.1, 0.15) is 22.6 Å². The Morgan fingerprint density at radius 2 is 1.73 bits per heavy atom. The lowest BCUT2D eigenvalue weighted by atomic mass is 9.85. The first-order valence-electron chi connectivity index (χ1n) is 7.11. The summed E-state index contributed by atoms with van der Waals surface area (Å²) in [4.78, 5) is 0. The van der Waals surface area contributed by atoms with Crippen molar-refractivity contribution in [1.82, 2.24) is 5.32 Å². The highest BCUT2D eigenvalue weighted by Gasteiger charge is 2.24. The third-order valence-corrected chi connectivity index (χ3v) is 4.09. The molecule has 0 unspecified atom stereocenters. The number of fused-ring (bicyclic) bond motifs is 1. The Balaban J connectivity index is 2.08. The molecular weight excluding hydrogens is 282 g/mol. The maximum atomic E-state index is 9.94. The van der Waals surface area contributed by atoms with Crippen LogP contribution in [-0.4, -0.2) is 31.0 Å². The largest absolute Gasteiger partial charge is 0.504 e. The number of hydrogen-bond donors (Lipinski definition) is 3. The fraction of sp³-hybridized carbons (Fsp3) is 0.294. The molecule has 0 spiro atoms. The number of phenols is 2. The van der Waals surface area contributed by atoms with Crippen molar-refractivity contribution in [3.05, 3.63) is 47.0 Å². The molecule has 0 saturated heterocycles. The molecule has 0 fully saturated rings. The highest BCUT2D eigenvalue weighted by Crippen LogP contribution is 2.39. The highest BCUT2D eigenvalue weighted by atomic mass is 16.5. The molecule has 1 aliphatic heterocycles. The van der Waals surface area contributed by atoms with Crippen molar-refractivity contribution in [2.24, 2.45) is 0 Å². The summed E-state index contributed by atoms with van der Waals surface area (Å²) >= 11 is 0. The van der Waals surface area contributed by atoms with Gasteiger partial charge in [0.15, 0.2) is 23.0 Å². The second-order valence-electron chi connectivity index (χ2n) is 5.34. The minimum Gasteiger partial charge on any atom is -0.504 e. The Labute approximate surface area is 129 Å². The van der Waals surface area contributed by atoms with Gasteiger partial charge in [0.05, 0.1) is 14.2 Å². The van der Waals surface area contributed by atoms with Gasteiger partial charge in [-0.05, 0) is 41.0 Å². The van der Waals surface area contributed by atoms with Gasteiger partial charge in [-0.1, -0.05) is 6.07 Å². The molecule has 2 aromatic carbocycles. The summed E-state index contributed by atoms with van der Waals surface area (Å²) < 4.78 is 10.4. The Bertz CT molecular complexity index is 699. The third-order valence-electron chi connectivity index (χ3n) is 4.09. The lowest BCUT2D eigenvalue weighted by Crippen LogP contribution is -2.28. The summed E-state index contributed by atoms with van der Waals surface area (Å²) in [6.07, 6.45) is 0. The summed E-state index contributed by atoms with van der Waals surface area (Å²) in [6, 6.07) is 9.00. The van der Waals surface area contributed by atoms with Crippen LogP contribution in [0.5, 0.6) is 23.0 Å². The molecule has 0 radical (unpaired) electrons. The van der Waals surface area contributed by atoms with Gasteiger partial charge in [-0.2, -0.15) is 0 Å². The van der Waals surface area contributed by atoms with Gasteiger partial charge in [0.1, 0.15) is 0 Å². The SMILES string of the molecule is COc1cc([C@H]2CNCc3cc(O)c(OC)cc32)ccc1O. The number of methoxy groups -OCH3 is 2. The van der Waals surface area contributed by atoms with E-state index in [1.54, 1.807) is 19.2 Å². The molecule has 3 N–H and O–H groups in total. The Hall–Kier alpha value is -2.40. The molecular formula is C17H19NO4. The predicted molar refractivity (Wildman–Crippen MR) is 82.9 cm³/mol. The summed E-state index contributed by atoms with van der Waals surface area (Å²) in [5.41, 5.74) is 3.19. The van der Waals surface area contributed by atoms with Crippen LogP contribution in [-0.2, 0) is 6.54 Å². The van der Waals surface area contributed by atoms with Gasteiger partial charge in [-0.25, -0.2) is 0 Å². The highest BCUT2D eigenvalue weighted by molar-refractivity contribution is 5.53. The fourth-order valence-corrected chi connectivity index (χ4v) is 2.94. The van der Waals surface area contributed by atoms with Crippen LogP contribution >= 0.6 is 0 Å². The van der Waals surface area contributed by atoms with Crippen LogP contribution in [0.25, 0.3) is 0 Å². The van der Waals surface area contributed by atoms with Crippen LogP contribution in [0.3, 0.4) is 0 Å². The van der Waals surface area contributed by atoms with Crippen molar-refractivity contribution in [2.75, 3.05) is 20.8 Å². The molecule has 1 aliphatic rings. The van der Waals surface area contributed by atoms with Crippen LogP contribution < -0.4 is 14.8 Å². The summed E-state index contributed by atoms with van der Waals surface area (Å²) in [5, 5.41) is 23.0. The minimum absolute atomic E-state index is 0.104. The topological polar surface area (TPSA) is 71.0 Å². The van der Waals surface area contributed by atoms with Crippen LogP contribution in [0.2, 0.25) is 0 Å². The first kappa shape index (κ1) is 14.5. The number of aromatic hydroxyl groups is 2. The quantitative estimate of drug-likeness (QED) is 0.812. The molecule has 0 amide bonds. The van der Waals surface area contributed by atoms with Gasteiger partial charge in [0.25, 0.3) is 0 Å². The van der Waals surface area contributed by atoms with Crippen molar-refractivity contribution in [3.63, 3.8) is 0 Å². The number of phenolic OH excluding ortho intramolecular Hbond substituents is 2.